The van der Waals surface area contributed by atoms with E-state index in [-0.39, 0.29) is 6.61 Å². The molecule has 1 amide bonds. The second-order valence-corrected chi connectivity index (χ2v) is 5.50. The van der Waals surface area contributed by atoms with Crippen molar-refractivity contribution in [3.8, 4) is 0 Å². The van der Waals surface area contributed by atoms with Crippen LogP contribution >= 0.6 is 0 Å². The minimum Gasteiger partial charge on any atom is -0.459 e. The van der Waals surface area contributed by atoms with Gasteiger partial charge in [-0.2, -0.15) is 0 Å². The van der Waals surface area contributed by atoms with E-state index in [1.807, 2.05) is 27.7 Å². The van der Waals surface area contributed by atoms with Gasteiger partial charge in [-0.25, -0.2) is 4.79 Å². The molecular formula is C12H21NO4. The van der Waals surface area contributed by atoms with E-state index in [4.69, 9.17) is 9.47 Å². The van der Waals surface area contributed by atoms with Crippen LogP contribution in [0.4, 0.5) is 0 Å². The van der Waals surface area contributed by atoms with Crippen LogP contribution in [-0.4, -0.2) is 47.7 Å². The summed E-state index contributed by atoms with van der Waals surface area (Å²) in [6.07, 6.45) is 0. The lowest BCUT2D eigenvalue weighted by Gasteiger charge is -2.46. The Bertz CT molecular complexity index is 306. The lowest BCUT2D eigenvalue weighted by molar-refractivity contribution is -0.192. The number of esters is 1. The van der Waals surface area contributed by atoms with Gasteiger partial charge in [0, 0.05) is 13.1 Å². The van der Waals surface area contributed by atoms with Crippen LogP contribution in [0.2, 0.25) is 0 Å². The summed E-state index contributed by atoms with van der Waals surface area (Å²) in [4.78, 5) is 24.8. The third-order valence-electron chi connectivity index (χ3n) is 2.43. The van der Waals surface area contributed by atoms with Crippen LogP contribution < -0.4 is 0 Å². The fourth-order valence-electron chi connectivity index (χ4n) is 2.25. The predicted octanol–water partition coefficient (Wildman–Crippen LogP) is 0.965. The topological polar surface area (TPSA) is 55.8 Å². The molecule has 0 N–H and O–H groups in total. The van der Waals surface area contributed by atoms with Crippen LogP contribution in [0.1, 0.15) is 34.6 Å². The van der Waals surface area contributed by atoms with Gasteiger partial charge in [0.25, 0.3) is 0 Å². The van der Waals surface area contributed by atoms with Gasteiger partial charge in [-0.15, -0.1) is 0 Å². The molecular weight excluding hydrogens is 222 g/mol. The number of hydrogen-bond donors (Lipinski definition) is 0. The van der Waals surface area contributed by atoms with E-state index in [9.17, 15) is 9.59 Å². The first kappa shape index (κ1) is 14.0. The summed E-state index contributed by atoms with van der Waals surface area (Å²) in [6.45, 7) is 10.3. The Hall–Kier alpha value is -1.10. The van der Waals surface area contributed by atoms with Gasteiger partial charge in [-0.3, -0.25) is 4.79 Å². The average Bonchev–Trinajstić information content (AvgIpc) is 2.12. The zero-order valence-corrected chi connectivity index (χ0v) is 11.2. The van der Waals surface area contributed by atoms with Crippen molar-refractivity contribution >= 4 is 11.9 Å². The van der Waals surface area contributed by atoms with E-state index >= 15 is 0 Å². The van der Waals surface area contributed by atoms with Gasteiger partial charge in [0.1, 0.15) is 0 Å². The van der Waals surface area contributed by atoms with Crippen molar-refractivity contribution in [3.05, 3.63) is 0 Å². The minimum atomic E-state index is -0.791. The van der Waals surface area contributed by atoms with Gasteiger partial charge in [-0.1, -0.05) is 0 Å². The fourth-order valence-corrected chi connectivity index (χ4v) is 2.25. The molecule has 0 bridgehead atoms. The zero-order valence-electron chi connectivity index (χ0n) is 11.2. The van der Waals surface area contributed by atoms with Gasteiger partial charge in [0.15, 0.2) is 0 Å². The molecule has 0 radical (unpaired) electrons. The van der Waals surface area contributed by atoms with Crippen molar-refractivity contribution in [1.82, 2.24) is 4.90 Å². The van der Waals surface area contributed by atoms with Gasteiger partial charge in [0.2, 0.25) is 0 Å². The third kappa shape index (κ3) is 3.70. The summed E-state index contributed by atoms with van der Waals surface area (Å²) < 4.78 is 10.6. The molecule has 5 heteroatoms. The van der Waals surface area contributed by atoms with Gasteiger partial charge in [0.05, 0.1) is 17.8 Å². The van der Waals surface area contributed by atoms with Crippen molar-refractivity contribution in [2.24, 2.45) is 0 Å². The number of morpholine rings is 1. The SMILES string of the molecule is CCOC(=O)C(=O)N1CC(C)(C)OC(C)(C)C1. The summed E-state index contributed by atoms with van der Waals surface area (Å²) in [5.74, 6) is -1.38. The monoisotopic (exact) mass is 243 g/mol. The molecule has 1 rings (SSSR count). The Morgan fingerprint density at radius 2 is 1.65 bits per heavy atom. The quantitative estimate of drug-likeness (QED) is 0.508. The minimum absolute atomic E-state index is 0.210. The highest BCUT2D eigenvalue weighted by Gasteiger charge is 2.41. The maximum absolute atomic E-state index is 11.9. The number of carbonyl (C=O) groups is 2. The Labute approximate surface area is 102 Å². The summed E-state index contributed by atoms with van der Waals surface area (Å²) in [5, 5.41) is 0. The summed E-state index contributed by atoms with van der Waals surface area (Å²) in [5.41, 5.74) is -0.909. The number of hydrogen-bond acceptors (Lipinski definition) is 4. The molecule has 0 aliphatic carbocycles. The summed E-state index contributed by atoms with van der Waals surface area (Å²) in [6, 6.07) is 0. The van der Waals surface area contributed by atoms with Crippen molar-refractivity contribution in [1.29, 1.82) is 0 Å². The molecule has 98 valence electrons. The molecule has 5 nitrogen and oxygen atoms in total. The number of nitrogens with zero attached hydrogens (tertiary/aromatic N) is 1. The van der Waals surface area contributed by atoms with E-state index in [2.05, 4.69) is 0 Å². The molecule has 17 heavy (non-hydrogen) atoms. The van der Waals surface area contributed by atoms with Crippen LogP contribution in [0, 0.1) is 0 Å². The number of amides is 1. The standard InChI is InChI=1S/C12H21NO4/c1-6-16-10(15)9(14)13-7-11(2,3)17-12(4,5)8-13/h6-8H2,1-5H3. The fraction of sp³-hybridized carbons (Fsp3) is 0.833. The first-order valence-electron chi connectivity index (χ1n) is 5.83. The molecule has 1 aliphatic heterocycles. The van der Waals surface area contributed by atoms with Crippen molar-refractivity contribution in [3.63, 3.8) is 0 Å². The van der Waals surface area contributed by atoms with Crippen molar-refractivity contribution in [2.45, 2.75) is 45.8 Å². The number of carbonyl (C=O) groups excluding carboxylic acids is 2. The van der Waals surface area contributed by atoms with E-state index in [0.717, 1.165) is 0 Å². The van der Waals surface area contributed by atoms with Crippen molar-refractivity contribution < 1.29 is 19.1 Å². The van der Waals surface area contributed by atoms with Crippen LogP contribution in [-0.2, 0) is 19.1 Å². The van der Waals surface area contributed by atoms with Gasteiger partial charge in [-0.05, 0) is 34.6 Å². The third-order valence-corrected chi connectivity index (χ3v) is 2.43. The second-order valence-electron chi connectivity index (χ2n) is 5.50. The predicted molar refractivity (Wildman–Crippen MR) is 62.5 cm³/mol. The first-order valence-corrected chi connectivity index (χ1v) is 5.83. The van der Waals surface area contributed by atoms with Crippen molar-refractivity contribution in [2.75, 3.05) is 19.7 Å². The Morgan fingerprint density at radius 3 is 2.06 bits per heavy atom. The normalized spacial score (nSPS) is 22.1. The highest BCUT2D eigenvalue weighted by Crippen LogP contribution is 2.28. The average molecular weight is 243 g/mol. The number of ether oxygens (including phenoxy) is 2. The van der Waals surface area contributed by atoms with E-state index < -0.39 is 23.1 Å². The first-order chi connectivity index (χ1) is 7.67. The molecule has 1 heterocycles. The molecule has 0 spiro atoms. The Morgan fingerprint density at radius 1 is 1.18 bits per heavy atom. The van der Waals surface area contributed by atoms with Gasteiger partial charge >= 0.3 is 11.9 Å². The molecule has 1 aliphatic rings. The molecule has 0 aromatic carbocycles. The highest BCUT2D eigenvalue weighted by molar-refractivity contribution is 6.32. The molecule has 0 aromatic rings. The van der Waals surface area contributed by atoms with Crippen LogP contribution in [0.3, 0.4) is 0 Å². The lowest BCUT2D eigenvalue weighted by atomic mass is 9.99. The largest absolute Gasteiger partial charge is 0.459 e. The maximum atomic E-state index is 11.9. The van der Waals surface area contributed by atoms with Crippen LogP contribution in [0.5, 0.6) is 0 Å². The van der Waals surface area contributed by atoms with Crippen LogP contribution in [0.25, 0.3) is 0 Å². The molecule has 1 saturated heterocycles. The lowest BCUT2D eigenvalue weighted by Crippen LogP contribution is -2.59. The van der Waals surface area contributed by atoms with E-state index in [1.165, 1.54) is 4.90 Å². The summed E-state index contributed by atoms with van der Waals surface area (Å²) >= 11 is 0. The Balaban J connectivity index is 2.77. The van der Waals surface area contributed by atoms with E-state index in [1.54, 1.807) is 6.92 Å². The maximum Gasteiger partial charge on any atom is 0.397 e. The molecule has 1 fully saturated rings. The highest BCUT2D eigenvalue weighted by atomic mass is 16.5. The molecule has 0 atom stereocenters. The molecule has 0 aromatic heterocycles. The van der Waals surface area contributed by atoms with Gasteiger partial charge < -0.3 is 14.4 Å². The smallest absolute Gasteiger partial charge is 0.397 e. The second kappa shape index (κ2) is 4.64. The zero-order chi connectivity index (χ0) is 13.3. The summed E-state index contributed by atoms with van der Waals surface area (Å²) in [7, 11) is 0. The molecule has 0 saturated carbocycles. The number of rotatable bonds is 1. The van der Waals surface area contributed by atoms with E-state index in [0.29, 0.717) is 13.1 Å². The molecule has 0 unspecified atom stereocenters. The van der Waals surface area contributed by atoms with Crippen LogP contribution in [0.15, 0.2) is 0 Å². The Kier molecular flexibility index (Phi) is 3.81.